The molecule has 0 aliphatic heterocycles. The second-order valence-corrected chi connectivity index (χ2v) is 9.91. The van der Waals surface area contributed by atoms with Crippen LogP contribution in [0.3, 0.4) is 0 Å². The van der Waals surface area contributed by atoms with Gasteiger partial charge in [-0.3, -0.25) is 4.79 Å². The van der Waals surface area contributed by atoms with E-state index < -0.39 is 35.7 Å². The van der Waals surface area contributed by atoms with Gasteiger partial charge in [-0.2, -0.15) is 0 Å². The number of thiophene rings is 1. The smallest absolute Gasteiger partial charge is 0.408 e. The van der Waals surface area contributed by atoms with Gasteiger partial charge in [0.1, 0.15) is 11.6 Å². The number of aliphatic carboxylic acids is 1. The first-order valence-corrected chi connectivity index (χ1v) is 11.7. The van der Waals surface area contributed by atoms with Gasteiger partial charge in [0, 0.05) is 17.4 Å². The van der Waals surface area contributed by atoms with Gasteiger partial charge in [-0.15, -0.1) is 11.3 Å². The van der Waals surface area contributed by atoms with Crippen molar-refractivity contribution in [1.82, 2.24) is 10.6 Å². The Hall–Kier alpha value is -3.13. The van der Waals surface area contributed by atoms with Gasteiger partial charge in [-0.05, 0) is 50.1 Å². The van der Waals surface area contributed by atoms with Crippen LogP contribution >= 0.6 is 11.3 Å². The fraction of sp³-hybridized carbons (Fsp3) is 0.400. The molecule has 1 aromatic carbocycles. The lowest BCUT2D eigenvalue weighted by molar-refractivity contribution is -0.131. The summed E-state index contributed by atoms with van der Waals surface area (Å²) < 4.78 is 5.33. The zero-order valence-corrected chi connectivity index (χ0v) is 20.2. The third kappa shape index (κ3) is 9.91. The van der Waals surface area contributed by atoms with Crippen LogP contribution in [0.15, 0.2) is 60.0 Å². The van der Waals surface area contributed by atoms with Crippen molar-refractivity contribution >= 4 is 29.3 Å². The molecule has 0 fully saturated rings. The van der Waals surface area contributed by atoms with Crippen molar-refractivity contribution in [2.75, 3.05) is 0 Å². The zero-order valence-electron chi connectivity index (χ0n) is 19.4. The molecule has 0 bridgehead atoms. The summed E-state index contributed by atoms with van der Waals surface area (Å²) in [5.74, 6) is -1.59. The Morgan fingerprint density at radius 2 is 1.76 bits per heavy atom. The molecule has 2 amide bonds. The lowest BCUT2D eigenvalue weighted by atomic mass is 9.93. The Morgan fingerprint density at radius 1 is 1.06 bits per heavy atom. The maximum atomic E-state index is 13.2. The van der Waals surface area contributed by atoms with E-state index in [2.05, 4.69) is 10.6 Å². The molecule has 2 aromatic rings. The number of carbonyl (C=O) groups excluding carboxylic acids is 2. The first kappa shape index (κ1) is 26.1. The first-order valence-electron chi connectivity index (χ1n) is 10.8. The Morgan fingerprint density at radius 3 is 2.33 bits per heavy atom. The van der Waals surface area contributed by atoms with E-state index in [0.29, 0.717) is 12.8 Å². The van der Waals surface area contributed by atoms with E-state index in [1.807, 2.05) is 54.8 Å². The van der Waals surface area contributed by atoms with Crippen LogP contribution in [-0.2, 0) is 27.2 Å². The predicted molar refractivity (Wildman–Crippen MR) is 129 cm³/mol. The molecule has 0 aliphatic rings. The summed E-state index contributed by atoms with van der Waals surface area (Å²) in [6, 6.07) is 12.1. The van der Waals surface area contributed by atoms with E-state index in [1.54, 1.807) is 20.8 Å². The summed E-state index contributed by atoms with van der Waals surface area (Å²) in [5, 5.41) is 16.6. The molecular formula is C25H32N2O5S. The third-order valence-corrected chi connectivity index (χ3v) is 5.66. The van der Waals surface area contributed by atoms with Crippen molar-refractivity contribution in [1.29, 1.82) is 0 Å². The van der Waals surface area contributed by atoms with Crippen molar-refractivity contribution in [2.24, 2.45) is 5.92 Å². The molecule has 0 saturated carbocycles. The molecule has 1 unspecified atom stereocenters. The van der Waals surface area contributed by atoms with E-state index in [1.165, 1.54) is 17.4 Å². The molecule has 0 spiro atoms. The minimum Gasteiger partial charge on any atom is -0.478 e. The highest BCUT2D eigenvalue weighted by molar-refractivity contribution is 7.09. The summed E-state index contributed by atoms with van der Waals surface area (Å²) in [5.41, 5.74) is 0.375. The van der Waals surface area contributed by atoms with Gasteiger partial charge in [-0.1, -0.05) is 49.4 Å². The lowest BCUT2D eigenvalue weighted by Gasteiger charge is -2.27. The van der Waals surface area contributed by atoms with Crippen molar-refractivity contribution in [3.63, 3.8) is 0 Å². The zero-order chi connectivity index (χ0) is 24.4. The predicted octanol–water partition coefficient (Wildman–Crippen LogP) is 4.19. The molecule has 178 valence electrons. The number of ether oxygens (including phenoxy) is 1. The number of nitrogens with one attached hydrogen (secondary N) is 2. The highest BCUT2D eigenvalue weighted by Crippen LogP contribution is 2.16. The topological polar surface area (TPSA) is 105 Å². The summed E-state index contributed by atoms with van der Waals surface area (Å²) in [6.07, 6.45) is 2.76. The molecule has 0 saturated heterocycles. The van der Waals surface area contributed by atoms with Crippen LogP contribution in [0.5, 0.6) is 0 Å². The maximum Gasteiger partial charge on any atom is 0.408 e. The molecule has 0 aliphatic carbocycles. The summed E-state index contributed by atoms with van der Waals surface area (Å²) in [7, 11) is 0. The average Bonchev–Trinajstić information content (AvgIpc) is 3.22. The number of benzene rings is 1. The standard InChI is InChI=1S/C25H32N2O5S/c1-17(15-18-9-6-5-7-10-18)20(12-13-22(28)29)26-23(30)21(16-19-11-8-14-33-19)27-24(31)32-25(2,3)4/h5-14,17,20-21H,15-16H2,1-4H3,(H,26,30)(H,27,31)(H,28,29)/b13-12+/t17?,20-,21+/m1/s1. The van der Waals surface area contributed by atoms with Crippen molar-refractivity contribution in [2.45, 2.75) is 58.2 Å². The van der Waals surface area contributed by atoms with Gasteiger partial charge in [0.15, 0.2) is 0 Å². The summed E-state index contributed by atoms with van der Waals surface area (Å²) >= 11 is 1.49. The van der Waals surface area contributed by atoms with E-state index in [0.717, 1.165) is 16.5 Å². The monoisotopic (exact) mass is 472 g/mol. The lowest BCUT2D eigenvalue weighted by Crippen LogP contribution is -2.52. The van der Waals surface area contributed by atoms with Crippen LogP contribution in [0.25, 0.3) is 0 Å². The second-order valence-electron chi connectivity index (χ2n) is 8.88. The quantitative estimate of drug-likeness (QED) is 0.450. The van der Waals surface area contributed by atoms with Crippen molar-refractivity contribution in [3.8, 4) is 0 Å². The molecule has 8 heteroatoms. The fourth-order valence-electron chi connectivity index (χ4n) is 3.23. The minimum atomic E-state index is -1.09. The number of rotatable bonds is 10. The van der Waals surface area contributed by atoms with Gasteiger partial charge < -0.3 is 20.5 Å². The number of hydrogen-bond acceptors (Lipinski definition) is 5. The van der Waals surface area contributed by atoms with E-state index in [9.17, 15) is 14.4 Å². The van der Waals surface area contributed by atoms with Gasteiger partial charge in [-0.25, -0.2) is 9.59 Å². The number of hydrogen-bond donors (Lipinski definition) is 3. The van der Waals surface area contributed by atoms with Crippen LogP contribution in [0, 0.1) is 5.92 Å². The van der Waals surface area contributed by atoms with Crippen LogP contribution in [0.1, 0.15) is 38.1 Å². The summed E-state index contributed by atoms with van der Waals surface area (Å²) in [6.45, 7) is 7.19. The maximum absolute atomic E-state index is 13.2. The molecule has 0 radical (unpaired) electrons. The van der Waals surface area contributed by atoms with Gasteiger partial charge >= 0.3 is 12.1 Å². The molecule has 2 rings (SSSR count). The Balaban J connectivity index is 2.18. The number of carboxylic acid groups (broad SMARTS) is 1. The molecule has 3 atom stereocenters. The molecule has 33 heavy (non-hydrogen) atoms. The number of alkyl carbamates (subject to hydrolysis) is 1. The third-order valence-electron chi connectivity index (χ3n) is 4.76. The minimum absolute atomic E-state index is 0.0872. The number of carbonyl (C=O) groups is 3. The molecular weight excluding hydrogens is 440 g/mol. The SMILES string of the molecule is CC(Cc1ccccc1)[C@@H](/C=C/C(=O)O)NC(=O)[C@H](Cc1cccs1)NC(=O)OC(C)(C)C. The second kappa shape index (κ2) is 12.2. The first-order chi connectivity index (χ1) is 15.5. The van der Waals surface area contributed by atoms with E-state index >= 15 is 0 Å². The van der Waals surface area contributed by atoms with Gasteiger partial charge in [0.05, 0.1) is 6.04 Å². The number of amides is 2. The highest BCUT2D eigenvalue weighted by Gasteiger charge is 2.27. The molecule has 7 nitrogen and oxygen atoms in total. The van der Waals surface area contributed by atoms with Crippen LogP contribution in [0.2, 0.25) is 0 Å². The van der Waals surface area contributed by atoms with Crippen LogP contribution < -0.4 is 10.6 Å². The van der Waals surface area contributed by atoms with E-state index in [4.69, 9.17) is 9.84 Å². The molecule has 3 N–H and O–H groups in total. The Labute approximate surface area is 198 Å². The Kier molecular flexibility index (Phi) is 9.66. The fourth-order valence-corrected chi connectivity index (χ4v) is 3.98. The average molecular weight is 473 g/mol. The van der Waals surface area contributed by atoms with Gasteiger partial charge in [0.2, 0.25) is 5.91 Å². The molecule has 1 heterocycles. The van der Waals surface area contributed by atoms with Crippen molar-refractivity contribution in [3.05, 3.63) is 70.4 Å². The molecule has 1 aromatic heterocycles. The van der Waals surface area contributed by atoms with Crippen LogP contribution in [-0.4, -0.2) is 40.8 Å². The largest absolute Gasteiger partial charge is 0.478 e. The van der Waals surface area contributed by atoms with Gasteiger partial charge in [0.25, 0.3) is 0 Å². The number of carboxylic acids is 1. The normalized spacial score (nSPS) is 14.3. The Bertz CT molecular complexity index is 935. The summed E-state index contributed by atoms with van der Waals surface area (Å²) in [4.78, 5) is 37.7. The van der Waals surface area contributed by atoms with E-state index in [-0.39, 0.29) is 5.92 Å². The highest BCUT2D eigenvalue weighted by atomic mass is 32.1. The van der Waals surface area contributed by atoms with Crippen molar-refractivity contribution < 1.29 is 24.2 Å². The van der Waals surface area contributed by atoms with Crippen LogP contribution in [0.4, 0.5) is 4.79 Å².